The molecule has 0 saturated carbocycles. The second-order valence-corrected chi connectivity index (χ2v) is 8.41. The topological polar surface area (TPSA) is 99.0 Å². The molecule has 1 atom stereocenters. The predicted octanol–water partition coefficient (Wildman–Crippen LogP) is 0.761. The fourth-order valence-electron chi connectivity index (χ4n) is 4.71. The molecule has 178 valence electrons. The molecule has 2 saturated heterocycles. The lowest BCUT2D eigenvalue weighted by atomic mass is 9.94. The van der Waals surface area contributed by atoms with Crippen molar-refractivity contribution in [3.05, 3.63) is 59.2 Å². The van der Waals surface area contributed by atoms with Crippen LogP contribution in [0.25, 0.3) is 5.76 Å². The number of ketones is 1. The fraction of sp³-hybridized carbons (Fsp3) is 0.360. The summed E-state index contributed by atoms with van der Waals surface area (Å²) in [7, 11) is 1.54. The number of para-hydroxylation sites is 1. The number of carbonyl (C=O) groups is 2. The highest BCUT2D eigenvalue weighted by Crippen LogP contribution is 2.43. The van der Waals surface area contributed by atoms with E-state index in [2.05, 4.69) is 0 Å². The van der Waals surface area contributed by atoms with Crippen LogP contribution in [0.5, 0.6) is 17.2 Å². The number of benzene rings is 2. The molecule has 34 heavy (non-hydrogen) atoms. The Morgan fingerprint density at radius 1 is 1.12 bits per heavy atom. The second-order valence-electron chi connectivity index (χ2n) is 8.41. The summed E-state index contributed by atoms with van der Waals surface area (Å²) in [6.45, 7) is 4.17. The molecule has 3 heterocycles. The fourth-order valence-corrected chi connectivity index (χ4v) is 4.71. The number of fused-ring (bicyclic) bond motifs is 1. The zero-order valence-electron chi connectivity index (χ0n) is 18.9. The average molecular weight is 467 g/mol. The number of aliphatic hydroxyl groups excluding tert-OH is 1. The van der Waals surface area contributed by atoms with Crippen LogP contribution in [0.3, 0.4) is 0 Å². The standard InChI is InChI=1S/C25H26N2O7/c1-31-18-5-3-2-4-17(18)22-21(23(28)16-6-7-19-20(14-16)34-15-33-19)24(29)25(30)27(22)9-8-26-10-12-32-13-11-26/h2-7,14,22,28H,8-13,15H2,1H3/p+1/t22-/m0/s1. The first-order valence-electron chi connectivity index (χ1n) is 11.3. The molecular formula is C25H27N2O7+. The summed E-state index contributed by atoms with van der Waals surface area (Å²) < 4.78 is 21.8. The van der Waals surface area contributed by atoms with E-state index in [-0.39, 0.29) is 18.1 Å². The van der Waals surface area contributed by atoms with Gasteiger partial charge in [-0.15, -0.1) is 0 Å². The SMILES string of the molecule is COc1ccccc1[C@H]1C(=C(O)c2ccc3c(c2)OCO3)C(=O)C(=O)N1CC[NH+]1CCOCC1. The van der Waals surface area contributed by atoms with Crippen LogP contribution in [0, 0.1) is 0 Å². The van der Waals surface area contributed by atoms with Gasteiger partial charge in [0.05, 0.1) is 45.0 Å². The third-order valence-electron chi connectivity index (χ3n) is 6.53. The van der Waals surface area contributed by atoms with Gasteiger partial charge >= 0.3 is 0 Å². The van der Waals surface area contributed by atoms with Gasteiger partial charge in [0, 0.05) is 11.1 Å². The number of ether oxygens (including phenoxy) is 4. The normalized spacial score (nSPS) is 21.8. The summed E-state index contributed by atoms with van der Waals surface area (Å²) >= 11 is 0. The number of amides is 1. The maximum absolute atomic E-state index is 13.3. The minimum atomic E-state index is -0.776. The van der Waals surface area contributed by atoms with Gasteiger partial charge in [-0.2, -0.15) is 0 Å². The number of carbonyl (C=O) groups excluding carboxylic acids is 2. The Morgan fingerprint density at radius 3 is 2.68 bits per heavy atom. The van der Waals surface area contributed by atoms with Gasteiger partial charge < -0.3 is 33.9 Å². The van der Waals surface area contributed by atoms with Crippen molar-refractivity contribution in [3.8, 4) is 17.2 Å². The van der Waals surface area contributed by atoms with Crippen LogP contribution in [-0.2, 0) is 14.3 Å². The largest absolute Gasteiger partial charge is 0.507 e. The Bertz CT molecular complexity index is 1140. The van der Waals surface area contributed by atoms with Gasteiger partial charge in [0.15, 0.2) is 11.5 Å². The van der Waals surface area contributed by atoms with Crippen LogP contribution in [0.15, 0.2) is 48.0 Å². The first kappa shape index (κ1) is 22.2. The summed E-state index contributed by atoms with van der Waals surface area (Å²) in [5, 5.41) is 11.3. The lowest BCUT2D eigenvalue weighted by Gasteiger charge is -2.29. The molecule has 1 amide bonds. The van der Waals surface area contributed by atoms with Gasteiger partial charge in [-0.05, 0) is 24.3 Å². The number of hydrogen-bond acceptors (Lipinski definition) is 7. The van der Waals surface area contributed by atoms with Gasteiger partial charge in [-0.1, -0.05) is 18.2 Å². The summed E-state index contributed by atoms with van der Waals surface area (Å²) in [6.07, 6.45) is 0. The molecule has 0 aromatic heterocycles. The van der Waals surface area contributed by atoms with Crippen molar-refractivity contribution in [1.29, 1.82) is 0 Å². The van der Waals surface area contributed by atoms with E-state index >= 15 is 0 Å². The number of nitrogens with one attached hydrogen (secondary N) is 1. The molecule has 0 bridgehead atoms. The van der Waals surface area contributed by atoms with Crippen molar-refractivity contribution < 1.29 is 38.5 Å². The third kappa shape index (κ3) is 3.97. The lowest BCUT2D eigenvalue weighted by Crippen LogP contribution is -3.14. The third-order valence-corrected chi connectivity index (χ3v) is 6.53. The van der Waals surface area contributed by atoms with Gasteiger partial charge in [0.1, 0.15) is 24.6 Å². The maximum Gasteiger partial charge on any atom is 0.295 e. The number of Topliss-reactive ketones (excluding diaryl/α,β-unsaturated/α-hetero) is 1. The number of likely N-dealkylation sites (tertiary alicyclic amines) is 1. The first-order valence-corrected chi connectivity index (χ1v) is 11.3. The summed E-state index contributed by atoms with van der Waals surface area (Å²) in [5.74, 6) is -0.0350. The Morgan fingerprint density at radius 2 is 1.88 bits per heavy atom. The minimum absolute atomic E-state index is 0.0327. The van der Waals surface area contributed by atoms with Crippen LogP contribution in [-0.4, -0.2) is 75.0 Å². The summed E-state index contributed by atoms with van der Waals surface area (Å²) in [5.41, 5.74) is 1.05. The molecule has 0 aliphatic carbocycles. The Labute approximate surface area is 197 Å². The molecule has 0 radical (unpaired) electrons. The summed E-state index contributed by atoms with van der Waals surface area (Å²) in [6, 6.07) is 11.4. The highest BCUT2D eigenvalue weighted by atomic mass is 16.7. The Kier molecular flexibility index (Phi) is 6.12. The molecule has 3 aliphatic heterocycles. The van der Waals surface area contributed by atoms with E-state index in [4.69, 9.17) is 18.9 Å². The van der Waals surface area contributed by atoms with Crippen LogP contribution in [0.1, 0.15) is 17.2 Å². The molecule has 9 nitrogen and oxygen atoms in total. The van der Waals surface area contributed by atoms with E-state index in [0.29, 0.717) is 54.7 Å². The number of rotatable bonds is 6. The average Bonchev–Trinajstić information content (AvgIpc) is 3.45. The van der Waals surface area contributed by atoms with Gasteiger partial charge in [0.2, 0.25) is 6.79 Å². The molecule has 2 aromatic carbocycles. The van der Waals surface area contributed by atoms with Crippen molar-refractivity contribution in [2.75, 3.05) is 53.3 Å². The predicted molar refractivity (Wildman–Crippen MR) is 121 cm³/mol. The molecule has 3 aliphatic rings. The van der Waals surface area contributed by atoms with Gasteiger partial charge in [-0.3, -0.25) is 9.59 Å². The van der Waals surface area contributed by atoms with E-state index < -0.39 is 17.7 Å². The number of nitrogens with zero attached hydrogens (tertiary/aromatic N) is 1. The molecule has 9 heteroatoms. The van der Waals surface area contributed by atoms with Crippen LogP contribution >= 0.6 is 0 Å². The molecule has 5 rings (SSSR count). The summed E-state index contributed by atoms with van der Waals surface area (Å²) in [4.78, 5) is 29.3. The maximum atomic E-state index is 13.3. The highest BCUT2D eigenvalue weighted by Gasteiger charge is 2.47. The van der Waals surface area contributed by atoms with Crippen molar-refractivity contribution in [3.63, 3.8) is 0 Å². The molecule has 2 N–H and O–H groups in total. The smallest absolute Gasteiger partial charge is 0.295 e. The zero-order valence-corrected chi connectivity index (χ0v) is 18.9. The van der Waals surface area contributed by atoms with E-state index in [0.717, 1.165) is 13.1 Å². The van der Waals surface area contributed by atoms with Crippen molar-refractivity contribution in [1.82, 2.24) is 4.90 Å². The van der Waals surface area contributed by atoms with Crippen molar-refractivity contribution >= 4 is 17.4 Å². The van der Waals surface area contributed by atoms with Gasteiger partial charge in [0.25, 0.3) is 11.7 Å². The number of quaternary nitrogens is 1. The monoisotopic (exact) mass is 467 g/mol. The van der Waals surface area contributed by atoms with Crippen LogP contribution in [0.4, 0.5) is 0 Å². The van der Waals surface area contributed by atoms with Crippen LogP contribution < -0.4 is 19.1 Å². The molecule has 0 unspecified atom stereocenters. The van der Waals surface area contributed by atoms with Gasteiger partial charge in [-0.25, -0.2) is 0 Å². The number of morpholine rings is 1. The first-order chi connectivity index (χ1) is 16.6. The zero-order chi connectivity index (χ0) is 23.7. The minimum Gasteiger partial charge on any atom is -0.507 e. The molecule has 2 fully saturated rings. The lowest BCUT2D eigenvalue weighted by molar-refractivity contribution is -0.907. The second kappa shape index (κ2) is 9.36. The highest BCUT2D eigenvalue weighted by molar-refractivity contribution is 6.46. The van der Waals surface area contributed by atoms with E-state index in [1.807, 2.05) is 18.2 Å². The van der Waals surface area contributed by atoms with E-state index in [1.54, 1.807) is 36.3 Å². The molecule has 2 aromatic rings. The van der Waals surface area contributed by atoms with E-state index in [1.165, 1.54) is 4.90 Å². The van der Waals surface area contributed by atoms with Crippen molar-refractivity contribution in [2.45, 2.75) is 6.04 Å². The Hall–Kier alpha value is -3.56. The van der Waals surface area contributed by atoms with E-state index in [9.17, 15) is 14.7 Å². The number of methoxy groups -OCH3 is 1. The number of aliphatic hydroxyl groups is 1. The van der Waals surface area contributed by atoms with Crippen molar-refractivity contribution in [2.24, 2.45) is 0 Å². The number of hydrogen-bond donors (Lipinski definition) is 2. The quantitative estimate of drug-likeness (QED) is 0.368. The molecule has 0 spiro atoms. The molecular weight excluding hydrogens is 440 g/mol. The Balaban J connectivity index is 1.56. The van der Waals surface area contributed by atoms with Crippen LogP contribution in [0.2, 0.25) is 0 Å².